The Hall–Kier alpha value is -4.30. The maximum absolute atomic E-state index is 7.33. The lowest BCUT2D eigenvalue weighted by Gasteiger charge is -2.39. The summed E-state index contributed by atoms with van der Waals surface area (Å²) in [6, 6.07) is 32.4. The summed E-state index contributed by atoms with van der Waals surface area (Å²) in [5, 5.41) is 2.57. The molecular formula is C36H30O2. The zero-order chi connectivity index (χ0) is 25.9. The molecule has 2 heteroatoms. The van der Waals surface area contributed by atoms with Crippen LogP contribution in [0.15, 0.2) is 97.1 Å². The summed E-state index contributed by atoms with van der Waals surface area (Å²) >= 11 is 0. The zero-order valence-corrected chi connectivity index (χ0v) is 22.0. The SMILES string of the molecule is COc1ccc(C2(c3ccccc3)C=Cc3c(c4c(c5cc(C)c(C)cc35)-c3ccccc3CC4)O2)cc1. The molecule has 7 rings (SSSR count). The average Bonchev–Trinajstić information content (AvgIpc) is 2.98. The topological polar surface area (TPSA) is 18.5 Å². The highest BCUT2D eigenvalue weighted by molar-refractivity contribution is 6.07. The van der Waals surface area contributed by atoms with Crippen LogP contribution in [0, 0.1) is 13.8 Å². The molecule has 1 atom stereocenters. The molecule has 2 aliphatic rings. The van der Waals surface area contributed by atoms with Crippen molar-refractivity contribution < 1.29 is 9.47 Å². The maximum Gasteiger partial charge on any atom is 0.178 e. The Kier molecular flexibility index (Phi) is 5.19. The minimum atomic E-state index is -0.737. The molecule has 2 nitrogen and oxygen atoms in total. The molecule has 0 saturated carbocycles. The van der Waals surface area contributed by atoms with E-state index in [-0.39, 0.29) is 0 Å². The second-order valence-electron chi connectivity index (χ2n) is 10.5. The average molecular weight is 495 g/mol. The van der Waals surface area contributed by atoms with Crippen LogP contribution in [0.2, 0.25) is 0 Å². The van der Waals surface area contributed by atoms with Crippen molar-refractivity contribution in [2.24, 2.45) is 0 Å². The fourth-order valence-electron chi connectivity index (χ4n) is 6.27. The van der Waals surface area contributed by atoms with Crippen LogP contribution in [0.1, 0.15) is 38.9 Å². The number of fused-ring (bicyclic) bond motifs is 8. The van der Waals surface area contributed by atoms with Gasteiger partial charge in [0.2, 0.25) is 0 Å². The van der Waals surface area contributed by atoms with E-state index in [9.17, 15) is 0 Å². The minimum Gasteiger partial charge on any atom is -0.497 e. The number of rotatable bonds is 3. The predicted molar refractivity (Wildman–Crippen MR) is 156 cm³/mol. The Bertz CT molecular complexity index is 1730. The highest BCUT2D eigenvalue weighted by atomic mass is 16.5. The first-order chi connectivity index (χ1) is 18.6. The van der Waals surface area contributed by atoms with Crippen LogP contribution in [-0.4, -0.2) is 7.11 Å². The summed E-state index contributed by atoms with van der Waals surface area (Å²) in [6.07, 6.45) is 6.51. The molecule has 0 fully saturated rings. The van der Waals surface area contributed by atoms with E-state index in [4.69, 9.17) is 9.47 Å². The molecule has 5 aromatic carbocycles. The number of benzene rings is 5. The Morgan fingerprint density at radius 1 is 0.737 bits per heavy atom. The number of ether oxygens (including phenoxy) is 2. The highest BCUT2D eigenvalue weighted by Gasteiger charge is 2.39. The summed E-state index contributed by atoms with van der Waals surface area (Å²) in [5.74, 6) is 1.84. The fraction of sp³-hybridized carbons (Fsp3) is 0.167. The second-order valence-corrected chi connectivity index (χ2v) is 10.5. The van der Waals surface area contributed by atoms with Crippen LogP contribution >= 0.6 is 0 Å². The van der Waals surface area contributed by atoms with Crippen molar-refractivity contribution in [2.45, 2.75) is 32.3 Å². The summed E-state index contributed by atoms with van der Waals surface area (Å²) < 4.78 is 12.8. The van der Waals surface area contributed by atoms with Crippen LogP contribution in [0.5, 0.6) is 11.5 Å². The molecule has 1 aliphatic carbocycles. The van der Waals surface area contributed by atoms with Crippen LogP contribution in [-0.2, 0) is 18.4 Å². The Morgan fingerprint density at radius 3 is 2.18 bits per heavy atom. The zero-order valence-electron chi connectivity index (χ0n) is 22.0. The Balaban J connectivity index is 1.54. The predicted octanol–water partition coefficient (Wildman–Crippen LogP) is 8.58. The molecular weight excluding hydrogens is 464 g/mol. The van der Waals surface area contributed by atoms with Crippen molar-refractivity contribution in [3.8, 4) is 22.6 Å². The molecule has 5 aromatic rings. The van der Waals surface area contributed by atoms with Crippen molar-refractivity contribution in [2.75, 3.05) is 7.11 Å². The summed E-state index contributed by atoms with van der Waals surface area (Å²) in [6.45, 7) is 4.42. The normalized spacial score (nSPS) is 17.3. The molecule has 0 saturated heterocycles. The number of hydrogen-bond donors (Lipinski definition) is 0. The number of hydrogen-bond acceptors (Lipinski definition) is 2. The van der Waals surface area contributed by atoms with Gasteiger partial charge in [0.05, 0.1) is 7.11 Å². The van der Waals surface area contributed by atoms with E-state index in [0.29, 0.717) is 0 Å². The van der Waals surface area contributed by atoms with Crippen molar-refractivity contribution in [3.63, 3.8) is 0 Å². The number of methoxy groups -OCH3 is 1. The van der Waals surface area contributed by atoms with E-state index in [2.05, 4.69) is 105 Å². The monoisotopic (exact) mass is 494 g/mol. The molecule has 0 amide bonds. The Labute approximate surface area is 224 Å². The van der Waals surface area contributed by atoms with Gasteiger partial charge in [-0.2, -0.15) is 0 Å². The van der Waals surface area contributed by atoms with Crippen LogP contribution in [0.4, 0.5) is 0 Å². The van der Waals surface area contributed by atoms with Crippen LogP contribution in [0.3, 0.4) is 0 Å². The van der Waals surface area contributed by atoms with Gasteiger partial charge in [-0.05, 0) is 89.6 Å². The molecule has 0 radical (unpaired) electrons. The first-order valence-electron chi connectivity index (χ1n) is 13.4. The quantitative estimate of drug-likeness (QED) is 0.250. The molecule has 0 N–H and O–H groups in total. The fourth-order valence-corrected chi connectivity index (χ4v) is 6.27. The third-order valence-electron chi connectivity index (χ3n) is 8.41. The van der Waals surface area contributed by atoms with Crippen LogP contribution < -0.4 is 9.47 Å². The second kappa shape index (κ2) is 8.63. The molecule has 1 heterocycles. The molecule has 0 aromatic heterocycles. The van der Waals surface area contributed by atoms with Gasteiger partial charge in [0.25, 0.3) is 0 Å². The van der Waals surface area contributed by atoms with E-state index < -0.39 is 5.60 Å². The molecule has 38 heavy (non-hydrogen) atoms. The van der Waals surface area contributed by atoms with E-state index in [1.807, 2.05) is 12.1 Å². The molecule has 1 unspecified atom stereocenters. The van der Waals surface area contributed by atoms with Gasteiger partial charge in [-0.1, -0.05) is 78.9 Å². The number of aryl methyl sites for hydroxylation is 3. The lowest BCUT2D eigenvalue weighted by atomic mass is 9.77. The lowest BCUT2D eigenvalue weighted by molar-refractivity contribution is 0.159. The van der Waals surface area contributed by atoms with Crippen molar-refractivity contribution >= 4 is 16.8 Å². The van der Waals surface area contributed by atoms with E-state index in [0.717, 1.165) is 35.5 Å². The van der Waals surface area contributed by atoms with Gasteiger partial charge in [0.1, 0.15) is 11.5 Å². The summed E-state index contributed by atoms with van der Waals surface area (Å²) in [5.41, 5.74) is 10.6. The summed E-state index contributed by atoms with van der Waals surface area (Å²) in [4.78, 5) is 0. The van der Waals surface area contributed by atoms with Crippen molar-refractivity contribution in [3.05, 3.63) is 136 Å². The molecule has 0 bridgehead atoms. The standard InChI is InChI=1S/C36H30O2/c1-23-21-32-30-19-20-36(26-10-5-4-6-11-26,27-14-16-28(37-3)17-15-27)38-35(30)31-18-13-25-9-7-8-12-29(25)34(31)33(32)22-24(23)2/h4-12,14-17,19-22H,13,18H2,1-3H3. The largest absolute Gasteiger partial charge is 0.497 e. The van der Waals surface area contributed by atoms with Gasteiger partial charge in [0.15, 0.2) is 5.60 Å². The van der Waals surface area contributed by atoms with Gasteiger partial charge in [-0.15, -0.1) is 0 Å². The third kappa shape index (κ3) is 3.33. The third-order valence-corrected chi connectivity index (χ3v) is 8.41. The smallest absolute Gasteiger partial charge is 0.178 e. The van der Waals surface area contributed by atoms with Gasteiger partial charge in [-0.25, -0.2) is 0 Å². The van der Waals surface area contributed by atoms with Crippen LogP contribution in [0.25, 0.3) is 28.0 Å². The van der Waals surface area contributed by atoms with Gasteiger partial charge in [-0.3, -0.25) is 0 Å². The first kappa shape index (κ1) is 22.9. The molecule has 186 valence electrons. The molecule has 0 spiro atoms. The van der Waals surface area contributed by atoms with Gasteiger partial charge in [0, 0.05) is 22.3 Å². The minimum absolute atomic E-state index is 0.737. The first-order valence-corrected chi connectivity index (χ1v) is 13.4. The Morgan fingerprint density at radius 2 is 1.42 bits per heavy atom. The van der Waals surface area contributed by atoms with Crippen molar-refractivity contribution in [1.29, 1.82) is 0 Å². The van der Waals surface area contributed by atoms with E-state index >= 15 is 0 Å². The highest BCUT2D eigenvalue weighted by Crippen LogP contribution is 2.52. The maximum atomic E-state index is 7.33. The summed E-state index contributed by atoms with van der Waals surface area (Å²) in [7, 11) is 1.70. The lowest BCUT2D eigenvalue weighted by Crippen LogP contribution is -2.35. The van der Waals surface area contributed by atoms with E-state index in [1.165, 1.54) is 49.7 Å². The van der Waals surface area contributed by atoms with Gasteiger partial charge >= 0.3 is 0 Å². The van der Waals surface area contributed by atoms with Gasteiger partial charge < -0.3 is 9.47 Å². The molecule has 1 aliphatic heterocycles. The van der Waals surface area contributed by atoms with Crippen molar-refractivity contribution in [1.82, 2.24) is 0 Å². The van der Waals surface area contributed by atoms with E-state index in [1.54, 1.807) is 7.11 Å².